The first-order chi connectivity index (χ1) is 11.5. The van der Waals surface area contributed by atoms with Gasteiger partial charge < -0.3 is 5.32 Å². The van der Waals surface area contributed by atoms with Gasteiger partial charge in [0.15, 0.2) is 5.13 Å². The topological polar surface area (TPSA) is 91.4 Å². The number of nitrogens with zero attached hydrogens (tertiary/aromatic N) is 2. The summed E-state index contributed by atoms with van der Waals surface area (Å²) in [5, 5.41) is 6.05. The van der Waals surface area contributed by atoms with Crippen LogP contribution < -0.4 is 10.6 Å². The SMILES string of the molecule is Cc1ccc2nc(NC(=O)CN(C)S(=O)(=O)CNC(C)(C)C)sc2c1. The monoisotopic (exact) mass is 384 g/mol. The van der Waals surface area contributed by atoms with Crippen LogP contribution in [0.25, 0.3) is 10.2 Å². The number of aryl methyl sites for hydroxylation is 1. The van der Waals surface area contributed by atoms with Crippen LogP contribution in [0.2, 0.25) is 0 Å². The van der Waals surface area contributed by atoms with Crippen LogP contribution in [0.5, 0.6) is 0 Å². The van der Waals surface area contributed by atoms with Gasteiger partial charge in [-0.25, -0.2) is 13.4 Å². The summed E-state index contributed by atoms with van der Waals surface area (Å²) >= 11 is 1.36. The van der Waals surface area contributed by atoms with E-state index in [1.54, 1.807) is 0 Å². The van der Waals surface area contributed by atoms with Crippen molar-refractivity contribution < 1.29 is 13.2 Å². The van der Waals surface area contributed by atoms with Crippen molar-refractivity contribution in [3.8, 4) is 0 Å². The molecule has 0 fully saturated rings. The van der Waals surface area contributed by atoms with E-state index in [1.807, 2.05) is 45.9 Å². The lowest BCUT2D eigenvalue weighted by Gasteiger charge is -2.23. The highest BCUT2D eigenvalue weighted by Crippen LogP contribution is 2.26. The third kappa shape index (κ3) is 5.74. The summed E-state index contributed by atoms with van der Waals surface area (Å²) in [5.41, 5.74) is 1.60. The third-order valence-corrected chi connectivity index (χ3v) is 5.94. The van der Waals surface area contributed by atoms with Crippen LogP contribution in [0.1, 0.15) is 26.3 Å². The molecule has 1 aromatic heterocycles. The molecule has 7 nitrogen and oxygen atoms in total. The lowest BCUT2D eigenvalue weighted by molar-refractivity contribution is -0.116. The first kappa shape index (κ1) is 19.8. The summed E-state index contributed by atoms with van der Waals surface area (Å²) in [4.78, 5) is 16.5. The van der Waals surface area contributed by atoms with Crippen molar-refractivity contribution in [2.75, 3.05) is 24.8 Å². The molecule has 1 amide bonds. The van der Waals surface area contributed by atoms with Crippen molar-refractivity contribution in [3.63, 3.8) is 0 Å². The molecule has 2 N–H and O–H groups in total. The van der Waals surface area contributed by atoms with Gasteiger partial charge in [0.2, 0.25) is 15.9 Å². The third-order valence-electron chi connectivity index (χ3n) is 3.42. The Morgan fingerprint density at radius 2 is 2.00 bits per heavy atom. The molecule has 2 aromatic rings. The van der Waals surface area contributed by atoms with E-state index >= 15 is 0 Å². The normalized spacial score (nSPS) is 12.7. The van der Waals surface area contributed by atoms with Crippen LogP contribution in [0, 0.1) is 6.92 Å². The molecule has 0 bridgehead atoms. The standard InChI is InChI=1S/C16H24N4O3S2/c1-11-6-7-12-13(8-11)24-15(18-12)19-14(21)9-20(5)25(22,23)10-17-16(2,3)4/h6-8,17H,9-10H2,1-5H3,(H,18,19,21). The largest absolute Gasteiger partial charge is 0.301 e. The number of rotatable bonds is 6. The van der Waals surface area contributed by atoms with Gasteiger partial charge in [-0.05, 0) is 45.4 Å². The minimum atomic E-state index is -3.57. The average molecular weight is 385 g/mol. The summed E-state index contributed by atoms with van der Waals surface area (Å²) in [5.74, 6) is -0.640. The number of amides is 1. The smallest absolute Gasteiger partial charge is 0.241 e. The van der Waals surface area contributed by atoms with Crippen molar-refractivity contribution in [3.05, 3.63) is 23.8 Å². The van der Waals surface area contributed by atoms with Crippen LogP contribution in [-0.4, -0.2) is 48.6 Å². The number of fused-ring (bicyclic) bond motifs is 1. The molecule has 1 heterocycles. The highest BCUT2D eigenvalue weighted by atomic mass is 32.2. The van der Waals surface area contributed by atoms with Crippen molar-refractivity contribution in [1.82, 2.24) is 14.6 Å². The summed E-state index contributed by atoms with van der Waals surface area (Å²) in [6.07, 6.45) is 0. The van der Waals surface area contributed by atoms with Crippen LogP contribution in [-0.2, 0) is 14.8 Å². The van der Waals surface area contributed by atoms with Gasteiger partial charge in [0.25, 0.3) is 0 Å². The number of hydrogen-bond acceptors (Lipinski definition) is 6. The van der Waals surface area contributed by atoms with Crippen LogP contribution in [0.15, 0.2) is 18.2 Å². The number of benzene rings is 1. The molecule has 0 aliphatic carbocycles. The van der Waals surface area contributed by atoms with E-state index < -0.39 is 15.9 Å². The van der Waals surface area contributed by atoms with Crippen molar-refractivity contribution in [2.45, 2.75) is 33.2 Å². The number of aromatic nitrogens is 1. The van der Waals surface area contributed by atoms with E-state index in [4.69, 9.17) is 0 Å². The van der Waals surface area contributed by atoms with E-state index in [0.717, 1.165) is 20.1 Å². The first-order valence-corrected chi connectivity index (χ1v) is 10.2. The van der Waals surface area contributed by atoms with Crippen molar-refractivity contribution in [2.24, 2.45) is 0 Å². The van der Waals surface area contributed by atoms with Gasteiger partial charge in [-0.1, -0.05) is 17.4 Å². The number of carbonyl (C=O) groups excluding carboxylic acids is 1. The Kier molecular flexibility index (Phi) is 5.82. The Morgan fingerprint density at radius 3 is 2.64 bits per heavy atom. The zero-order valence-corrected chi connectivity index (χ0v) is 16.7. The molecule has 0 radical (unpaired) electrons. The van der Waals surface area contributed by atoms with Gasteiger partial charge in [-0.15, -0.1) is 0 Å². The number of thiazole rings is 1. The quantitative estimate of drug-likeness (QED) is 0.796. The lowest BCUT2D eigenvalue weighted by atomic mass is 10.1. The second-order valence-corrected chi connectivity index (χ2v) is 10.1. The molecular weight excluding hydrogens is 360 g/mol. The summed E-state index contributed by atoms with van der Waals surface area (Å²) < 4.78 is 26.4. The number of likely N-dealkylation sites (N-methyl/N-ethyl adjacent to an activating group) is 1. The molecule has 0 aliphatic heterocycles. The maximum absolute atomic E-state index is 12.2. The second kappa shape index (κ2) is 7.36. The highest BCUT2D eigenvalue weighted by molar-refractivity contribution is 7.89. The first-order valence-electron chi connectivity index (χ1n) is 7.82. The fraction of sp³-hybridized carbons (Fsp3) is 0.500. The predicted molar refractivity (Wildman–Crippen MR) is 102 cm³/mol. The molecular formula is C16H24N4O3S2. The molecule has 0 atom stereocenters. The second-order valence-electron chi connectivity index (χ2n) is 6.98. The number of hydrogen-bond donors (Lipinski definition) is 2. The molecule has 0 saturated carbocycles. The maximum atomic E-state index is 12.2. The zero-order valence-electron chi connectivity index (χ0n) is 15.1. The number of sulfonamides is 1. The number of anilines is 1. The van der Waals surface area contributed by atoms with Crippen LogP contribution >= 0.6 is 11.3 Å². The average Bonchev–Trinajstić information content (AvgIpc) is 2.85. The van der Waals surface area contributed by atoms with E-state index in [9.17, 15) is 13.2 Å². The predicted octanol–water partition coefficient (Wildman–Crippen LogP) is 2.15. The molecule has 0 unspecified atom stereocenters. The van der Waals surface area contributed by atoms with Crippen LogP contribution in [0.4, 0.5) is 5.13 Å². The lowest BCUT2D eigenvalue weighted by Crippen LogP contribution is -2.45. The molecule has 0 aliphatic rings. The maximum Gasteiger partial charge on any atom is 0.241 e. The molecule has 138 valence electrons. The number of carbonyl (C=O) groups is 1. The number of nitrogens with one attached hydrogen (secondary N) is 2. The fourth-order valence-electron chi connectivity index (χ4n) is 1.96. The summed E-state index contributed by atoms with van der Waals surface area (Å²) in [7, 11) is -2.18. The molecule has 9 heteroatoms. The minimum Gasteiger partial charge on any atom is -0.301 e. The Labute approximate surface area is 152 Å². The molecule has 2 rings (SSSR count). The molecule has 25 heavy (non-hydrogen) atoms. The Bertz CT molecular complexity index is 869. The minimum absolute atomic E-state index is 0.222. The fourth-order valence-corrected chi connectivity index (χ4v) is 4.09. The van der Waals surface area contributed by atoms with E-state index in [-0.39, 0.29) is 18.0 Å². The highest BCUT2D eigenvalue weighted by Gasteiger charge is 2.23. The van der Waals surface area contributed by atoms with Gasteiger partial charge in [0.05, 0.1) is 16.8 Å². The molecule has 1 aromatic carbocycles. The van der Waals surface area contributed by atoms with Crippen molar-refractivity contribution in [1.29, 1.82) is 0 Å². The Morgan fingerprint density at radius 1 is 1.32 bits per heavy atom. The van der Waals surface area contributed by atoms with Gasteiger partial charge in [-0.3, -0.25) is 10.1 Å². The van der Waals surface area contributed by atoms with E-state index in [2.05, 4.69) is 15.6 Å². The Balaban J connectivity index is 1.98. The summed E-state index contributed by atoms with van der Waals surface area (Å²) in [6.45, 7) is 7.37. The van der Waals surface area contributed by atoms with Gasteiger partial charge in [-0.2, -0.15) is 4.31 Å². The van der Waals surface area contributed by atoms with Crippen LogP contribution in [0.3, 0.4) is 0 Å². The van der Waals surface area contributed by atoms with Gasteiger partial charge >= 0.3 is 0 Å². The summed E-state index contributed by atoms with van der Waals surface area (Å²) in [6, 6.07) is 5.85. The molecule has 0 saturated heterocycles. The van der Waals surface area contributed by atoms with Gasteiger partial charge in [0.1, 0.15) is 5.88 Å². The Hall–Kier alpha value is -1.55. The van der Waals surface area contributed by atoms with E-state index in [1.165, 1.54) is 18.4 Å². The van der Waals surface area contributed by atoms with Gasteiger partial charge in [0, 0.05) is 12.6 Å². The zero-order chi connectivity index (χ0) is 18.8. The van der Waals surface area contributed by atoms with Crippen molar-refractivity contribution >= 4 is 42.6 Å². The van der Waals surface area contributed by atoms with E-state index in [0.29, 0.717) is 5.13 Å². The molecule has 0 spiro atoms.